The van der Waals surface area contributed by atoms with Gasteiger partial charge in [0.25, 0.3) is 0 Å². The zero-order valence-corrected chi connectivity index (χ0v) is 17.8. The Balaban J connectivity index is 1.74. The van der Waals surface area contributed by atoms with Gasteiger partial charge in [-0.2, -0.15) is 0 Å². The van der Waals surface area contributed by atoms with Gasteiger partial charge >= 0.3 is 0 Å². The maximum atomic E-state index is 13.6. The molecule has 1 fully saturated rings. The number of Topliss-reactive ketones (excluding diaryl/α,β-unsaturated/α-hetero) is 3. The Kier molecular flexibility index (Phi) is 3.84. The number of ether oxygens (including phenoxy) is 3. The molecule has 0 saturated heterocycles. The largest absolute Gasteiger partial charge is 0.474 e. The van der Waals surface area contributed by atoms with Crippen LogP contribution < -0.4 is 9.47 Å². The van der Waals surface area contributed by atoms with E-state index >= 15 is 0 Å². The van der Waals surface area contributed by atoms with Crippen LogP contribution in [0, 0.1) is 10.8 Å². The number of fused-ring (bicyclic) bond motifs is 1. The number of hydrogen-bond acceptors (Lipinski definition) is 6. The molecule has 1 aromatic carbocycles. The van der Waals surface area contributed by atoms with Crippen LogP contribution in [0.15, 0.2) is 29.5 Å². The first-order valence-corrected chi connectivity index (χ1v) is 10.4. The number of carbonyl (C=O) groups excluding carboxylic acids is 3. The molecular formula is C24H26O6. The van der Waals surface area contributed by atoms with Crippen molar-refractivity contribution in [3.8, 4) is 11.5 Å². The van der Waals surface area contributed by atoms with Crippen LogP contribution in [-0.4, -0.2) is 29.7 Å². The first-order chi connectivity index (χ1) is 14.0. The second-order valence-corrected chi connectivity index (χ2v) is 10.5. The van der Waals surface area contributed by atoms with Gasteiger partial charge in [-0.15, -0.1) is 0 Å². The van der Waals surface area contributed by atoms with Crippen LogP contribution in [0.2, 0.25) is 0 Å². The van der Waals surface area contributed by atoms with Gasteiger partial charge in [0, 0.05) is 36.8 Å². The van der Waals surface area contributed by atoms with Crippen molar-refractivity contribution in [2.24, 2.45) is 10.8 Å². The van der Waals surface area contributed by atoms with Crippen molar-refractivity contribution in [2.45, 2.75) is 64.9 Å². The predicted molar refractivity (Wildman–Crippen MR) is 107 cm³/mol. The molecule has 2 heterocycles. The lowest BCUT2D eigenvalue weighted by molar-refractivity contribution is -0.160. The average molecular weight is 410 g/mol. The molecule has 30 heavy (non-hydrogen) atoms. The molecule has 1 atom stereocenters. The van der Waals surface area contributed by atoms with Crippen LogP contribution in [0.4, 0.5) is 0 Å². The standard InChI is InChI=1S/C24H26O6/c1-22(2)8-14(25)19-16(9-22)30-24(17(26)10-23(3,4)11-18(24)27)20(19)13-6-5-7-15-21(13)29-12-28-15/h5-7,20H,8-12H2,1-4H3/t20-/m0/s1. The van der Waals surface area contributed by atoms with Crippen molar-refractivity contribution >= 4 is 17.3 Å². The summed E-state index contributed by atoms with van der Waals surface area (Å²) in [6, 6.07) is 5.39. The smallest absolute Gasteiger partial charge is 0.235 e. The van der Waals surface area contributed by atoms with Crippen LogP contribution in [-0.2, 0) is 19.1 Å². The highest BCUT2D eigenvalue weighted by Crippen LogP contribution is 2.59. The molecule has 2 aliphatic carbocycles. The van der Waals surface area contributed by atoms with E-state index in [0.717, 1.165) is 0 Å². The van der Waals surface area contributed by atoms with Crippen molar-refractivity contribution in [3.63, 3.8) is 0 Å². The molecule has 158 valence electrons. The van der Waals surface area contributed by atoms with E-state index < -0.39 is 16.9 Å². The Labute approximate surface area is 175 Å². The highest BCUT2D eigenvalue weighted by Gasteiger charge is 2.66. The number of hydrogen-bond donors (Lipinski definition) is 0. The molecule has 0 radical (unpaired) electrons. The minimum Gasteiger partial charge on any atom is -0.474 e. The first kappa shape index (κ1) is 19.3. The summed E-state index contributed by atoms with van der Waals surface area (Å²) in [7, 11) is 0. The van der Waals surface area contributed by atoms with Gasteiger partial charge in [0.2, 0.25) is 12.4 Å². The number of allylic oxidation sites excluding steroid dienone is 1. The summed E-state index contributed by atoms with van der Waals surface area (Å²) in [5.41, 5.74) is -1.34. The van der Waals surface area contributed by atoms with Crippen LogP contribution in [0.3, 0.4) is 0 Å². The minimum atomic E-state index is -1.70. The first-order valence-electron chi connectivity index (χ1n) is 10.4. The topological polar surface area (TPSA) is 78.9 Å². The monoisotopic (exact) mass is 410 g/mol. The quantitative estimate of drug-likeness (QED) is 0.654. The number of para-hydroxylation sites is 1. The highest BCUT2D eigenvalue weighted by atomic mass is 16.7. The Morgan fingerprint density at radius 1 is 0.867 bits per heavy atom. The second kappa shape index (κ2) is 5.96. The van der Waals surface area contributed by atoms with Gasteiger partial charge in [0.15, 0.2) is 28.8 Å². The van der Waals surface area contributed by atoms with Crippen molar-refractivity contribution in [1.29, 1.82) is 0 Å². The molecule has 4 aliphatic rings. The summed E-state index contributed by atoms with van der Waals surface area (Å²) < 4.78 is 17.5. The Hall–Kier alpha value is -2.63. The number of rotatable bonds is 1. The van der Waals surface area contributed by atoms with Crippen LogP contribution in [0.5, 0.6) is 11.5 Å². The van der Waals surface area contributed by atoms with Gasteiger partial charge < -0.3 is 14.2 Å². The summed E-state index contributed by atoms with van der Waals surface area (Å²) in [4.78, 5) is 40.5. The molecule has 5 rings (SSSR count). The van der Waals surface area contributed by atoms with Gasteiger partial charge in [0.05, 0.1) is 5.92 Å². The molecule has 0 bridgehead atoms. The van der Waals surface area contributed by atoms with Crippen molar-refractivity contribution < 1.29 is 28.6 Å². The van der Waals surface area contributed by atoms with Crippen molar-refractivity contribution in [3.05, 3.63) is 35.1 Å². The molecule has 0 unspecified atom stereocenters. The summed E-state index contributed by atoms with van der Waals surface area (Å²) in [5, 5.41) is 0. The van der Waals surface area contributed by atoms with Crippen LogP contribution in [0.25, 0.3) is 0 Å². The lowest BCUT2D eigenvalue weighted by atomic mass is 9.61. The minimum absolute atomic E-state index is 0.0642. The molecule has 2 aliphatic heterocycles. The van der Waals surface area contributed by atoms with Gasteiger partial charge in [0.1, 0.15) is 5.76 Å². The normalized spacial score (nSPS) is 28.0. The summed E-state index contributed by atoms with van der Waals surface area (Å²) >= 11 is 0. The molecule has 1 aromatic rings. The van der Waals surface area contributed by atoms with E-state index in [9.17, 15) is 14.4 Å². The Bertz CT molecular complexity index is 1010. The third kappa shape index (κ3) is 2.58. The zero-order chi connectivity index (χ0) is 21.5. The summed E-state index contributed by atoms with van der Waals surface area (Å²) in [6.45, 7) is 7.90. The SMILES string of the molecule is CC1(C)CC(=O)C2(OC3=C(C(=O)CC(C)(C)C3)[C@@H]2c2cccc3c2OCO3)C(=O)C1. The molecule has 0 N–H and O–H groups in total. The van der Waals surface area contributed by atoms with Crippen LogP contribution >= 0.6 is 0 Å². The lowest BCUT2D eigenvalue weighted by Gasteiger charge is -2.41. The summed E-state index contributed by atoms with van der Waals surface area (Å²) in [5.74, 6) is 0.141. The maximum Gasteiger partial charge on any atom is 0.235 e. The van der Waals surface area contributed by atoms with E-state index in [4.69, 9.17) is 14.2 Å². The number of benzene rings is 1. The molecule has 6 heteroatoms. The molecule has 0 aromatic heterocycles. The molecule has 1 saturated carbocycles. The molecule has 6 nitrogen and oxygen atoms in total. The maximum absolute atomic E-state index is 13.6. The predicted octanol–water partition coefficient (Wildman–Crippen LogP) is 3.87. The molecular weight excluding hydrogens is 384 g/mol. The van der Waals surface area contributed by atoms with Crippen LogP contribution in [0.1, 0.15) is 64.9 Å². The second-order valence-electron chi connectivity index (χ2n) is 10.5. The molecule has 1 spiro atoms. The fourth-order valence-electron chi connectivity index (χ4n) is 5.49. The number of ketones is 3. The zero-order valence-electron chi connectivity index (χ0n) is 17.8. The third-order valence-corrected chi connectivity index (χ3v) is 6.70. The van der Waals surface area contributed by atoms with E-state index in [1.807, 2.05) is 33.8 Å². The van der Waals surface area contributed by atoms with E-state index in [-0.39, 0.29) is 42.4 Å². The average Bonchev–Trinajstić information content (AvgIpc) is 3.21. The Morgan fingerprint density at radius 3 is 2.23 bits per heavy atom. The van der Waals surface area contributed by atoms with E-state index in [1.54, 1.807) is 12.1 Å². The third-order valence-electron chi connectivity index (χ3n) is 6.70. The Morgan fingerprint density at radius 2 is 1.53 bits per heavy atom. The molecule has 0 amide bonds. The van der Waals surface area contributed by atoms with Gasteiger partial charge in [-0.25, -0.2) is 0 Å². The highest BCUT2D eigenvalue weighted by molar-refractivity contribution is 6.17. The van der Waals surface area contributed by atoms with Crippen molar-refractivity contribution in [1.82, 2.24) is 0 Å². The fourth-order valence-corrected chi connectivity index (χ4v) is 5.49. The van der Waals surface area contributed by atoms with E-state index in [2.05, 4.69) is 0 Å². The van der Waals surface area contributed by atoms with E-state index in [0.29, 0.717) is 41.2 Å². The van der Waals surface area contributed by atoms with Gasteiger partial charge in [-0.3, -0.25) is 14.4 Å². The number of carbonyl (C=O) groups is 3. The summed E-state index contributed by atoms with van der Waals surface area (Å²) in [6.07, 6.45) is 1.31. The van der Waals surface area contributed by atoms with E-state index in [1.165, 1.54) is 0 Å². The van der Waals surface area contributed by atoms with Crippen molar-refractivity contribution in [2.75, 3.05) is 6.79 Å². The van der Waals surface area contributed by atoms with Gasteiger partial charge in [-0.05, 0) is 16.9 Å². The fraction of sp³-hybridized carbons (Fsp3) is 0.542. The lowest BCUT2D eigenvalue weighted by Crippen LogP contribution is -2.57. The van der Waals surface area contributed by atoms with Gasteiger partial charge in [-0.1, -0.05) is 39.8 Å².